The van der Waals surface area contributed by atoms with Crippen LogP contribution in [0.3, 0.4) is 0 Å². The van der Waals surface area contributed by atoms with Crippen molar-refractivity contribution in [2.45, 2.75) is 32.5 Å². The number of ether oxygens (including phenoxy) is 2. The number of nitrogens with zero attached hydrogens (tertiary/aromatic N) is 3. The van der Waals surface area contributed by atoms with Crippen molar-refractivity contribution in [3.8, 4) is 5.75 Å². The van der Waals surface area contributed by atoms with E-state index in [4.69, 9.17) is 21.7 Å². The highest BCUT2D eigenvalue weighted by Gasteiger charge is 2.42. The predicted molar refractivity (Wildman–Crippen MR) is 127 cm³/mol. The van der Waals surface area contributed by atoms with E-state index in [1.165, 1.54) is 17.0 Å². The monoisotopic (exact) mass is 436 g/mol. The number of methoxy groups -OCH3 is 2. The lowest BCUT2D eigenvalue weighted by Crippen LogP contribution is -2.29. The normalized spacial score (nSPS) is 18.3. The Morgan fingerprint density at radius 2 is 1.94 bits per heavy atom. The van der Waals surface area contributed by atoms with Gasteiger partial charge in [-0.25, -0.2) is 0 Å². The summed E-state index contributed by atoms with van der Waals surface area (Å²) in [6, 6.07) is 16.2. The van der Waals surface area contributed by atoms with Gasteiger partial charge in [0.1, 0.15) is 5.75 Å². The Labute approximate surface area is 188 Å². The van der Waals surface area contributed by atoms with Gasteiger partial charge in [0.15, 0.2) is 5.11 Å². The molecule has 1 fully saturated rings. The Morgan fingerprint density at radius 3 is 2.65 bits per heavy atom. The zero-order chi connectivity index (χ0) is 22.0. The molecule has 0 radical (unpaired) electrons. The third-order valence-electron chi connectivity index (χ3n) is 5.88. The standard InChI is InChI=1S/C24H28N4O2S/c1-16-14-20(17(2)27(16)12-13-29-3)23-22(21-10-5-6-11-25-21)26-24(31)28(23)18-8-7-9-19(15-18)30-4/h5-11,14-15,22-23H,12-13H2,1-4H3,(H,26,31). The minimum absolute atomic E-state index is 0.0444. The molecule has 1 aliphatic rings. The second-order valence-electron chi connectivity index (χ2n) is 7.67. The van der Waals surface area contributed by atoms with E-state index in [1.54, 1.807) is 14.2 Å². The predicted octanol–water partition coefficient (Wildman–Crippen LogP) is 4.33. The molecule has 1 aromatic carbocycles. The Morgan fingerprint density at radius 1 is 1.10 bits per heavy atom. The Balaban J connectivity index is 1.84. The van der Waals surface area contributed by atoms with Crippen LogP contribution in [0.25, 0.3) is 0 Å². The van der Waals surface area contributed by atoms with E-state index in [0.29, 0.717) is 11.7 Å². The zero-order valence-electron chi connectivity index (χ0n) is 18.3. The summed E-state index contributed by atoms with van der Waals surface area (Å²) in [5.41, 5.74) is 5.58. The lowest BCUT2D eigenvalue weighted by Gasteiger charge is -2.28. The number of nitrogens with one attached hydrogen (secondary N) is 1. The maximum atomic E-state index is 5.83. The van der Waals surface area contributed by atoms with Crippen molar-refractivity contribution in [1.82, 2.24) is 14.9 Å². The molecule has 0 bridgehead atoms. The Bertz CT molecular complexity index is 1070. The van der Waals surface area contributed by atoms with Gasteiger partial charge in [0.2, 0.25) is 0 Å². The quantitative estimate of drug-likeness (QED) is 0.557. The molecule has 2 unspecified atom stereocenters. The lowest BCUT2D eigenvalue weighted by molar-refractivity contribution is 0.186. The second kappa shape index (κ2) is 9.08. The summed E-state index contributed by atoms with van der Waals surface area (Å²) in [5.74, 6) is 0.797. The first-order valence-electron chi connectivity index (χ1n) is 10.4. The fourth-order valence-electron chi connectivity index (χ4n) is 4.36. The van der Waals surface area contributed by atoms with Crippen molar-refractivity contribution < 1.29 is 9.47 Å². The molecule has 0 spiro atoms. The highest BCUT2D eigenvalue weighted by Crippen LogP contribution is 2.43. The van der Waals surface area contributed by atoms with Crippen LogP contribution in [0.5, 0.6) is 5.75 Å². The molecule has 6 nitrogen and oxygen atoms in total. The molecule has 0 saturated carbocycles. The maximum absolute atomic E-state index is 5.83. The molecule has 1 N–H and O–H groups in total. The van der Waals surface area contributed by atoms with E-state index >= 15 is 0 Å². The largest absolute Gasteiger partial charge is 0.497 e. The van der Waals surface area contributed by atoms with E-state index in [2.05, 4.69) is 45.7 Å². The van der Waals surface area contributed by atoms with E-state index in [9.17, 15) is 0 Å². The van der Waals surface area contributed by atoms with Crippen LogP contribution < -0.4 is 15.0 Å². The van der Waals surface area contributed by atoms with Crippen LogP contribution in [0, 0.1) is 13.8 Å². The van der Waals surface area contributed by atoms with Gasteiger partial charge in [-0.1, -0.05) is 12.1 Å². The molecule has 3 aromatic rings. The van der Waals surface area contributed by atoms with E-state index in [0.717, 1.165) is 23.7 Å². The van der Waals surface area contributed by atoms with Crippen LogP contribution in [0.4, 0.5) is 5.69 Å². The van der Waals surface area contributed by atoms with Crippen LogP contribution in [-0.4, -0.2) is 35.5 Å². The smallest absolute Gasteiger partial charge is 0.174 e. The number of hydrogen-bond acceptors (Lipinski definition) is 4. The van der Waals surface area contributed by atoms with Gasteiger partial charge in [-0.2, -0.15) is 0 Å². The molecule has 2 atom stereocenters. The fourth-order valence-corrected chi connectivity index (χ4v) is 4.71. The number of pyridine rings is 1. The first kappa shape index (κ1) is 21.3. The molecule has 162 valence electrons. The molecule has 0 aliphatic carbocycles. The van der Waals surface area contributed by atoms with E-state index < -0.39 is 0 Å². The molecule has 3 heterocycles. The van der Waals surface area contributed by atoms with Gasteiger partial charge in [0.25, 0.3) is 0 Å². The lowest BCUT2D eigenvalue weighted by atomic mass is 9.96. The van der Waals surface area contributed by atoms with E-state index in [-0.39, 0.29) is 12.1 Å². The van der Waals surface area contributed by atoms with Gasteiger partial charge in [0.05, 0.1) is 31.5 Å². The highest BCUT2D eigenvalue weighted by atomic mass is 32.1. The summed E-state index contributed by atoms with van der Waals surface area (Å²) < 4.78 is 13.1. The molecular weight excluding hydrogens is 408 g/mol. The highest BCUT2D eigenvalue weighted by molar-refractivity contribution is 7.80. The van der Waals surface area contributed by atoms with Crippen LogP contribution in [0.15, 0.2) is 54.7 Å². The third-order valence-corrected chi connectivity index (χ3v) is 6.19. The van der Waals surface area contributed by atoms with E-state index in [1.807, 2.05) is 42.6 Å². The second-order valence-corrected chi connectivity index (χ2v) is 8.06. The molecule has 7 heteroatoms. The number of aromatic nitrogens is 2. The SMILES string of the molecule is COCCn1c(C)cc(C2C(c3ccccn3)NC(=S)N2c2cccc(OC)c2)c1C. The van der Waals surface area contributed by atoms with Crippen LogP contribution in [-0.2, 0) is 11.3 Å². The molecule has 2 aromatic heterocycles. The molecule has 31 heavy (non-hydrogen) atoms. The average molecular weight is 437 g/mol. The number of hydrogen-bond donors (Lipinski definition) is 1. The molecule has 4 rings (SSSR count). The third kappa shape index (κ3) is 4.03. The van der Waals surface area contributed by atoms with Crippen LogP contribution >= 0.6 is 12.2 Å². The number of benzene rings is 1. The Kier molecular flexibility index (Phi) is 6.25. The fraction of sp³-hybridized carbons (Fsp3) is 0.333. The van der Waals surface area contributed by atoms with Gasteiger partial charge in [-0.15, -0.1) is 0 Å². The first-order chi connectivity index (χ1) is 15.0. The van der Waals surface area contributed by atoms with Crippen molar-refractivity contribution in [3.05, 3.63) is 77.4 Å². The minimum Gasteiger partial charge on any atom is -0.497 e. The van der Waals surface area contributed by atoms with Crippen molar-refractivity contribution in [1.29, 1.82) is 0 Å². The summed E-state index contributed by atoms with van der Waals surface area (Å²) >= 11 is 5.83. The maximum Gasteiger partial charge on any atom is 0.174 e. The summed E-state index contributed by atoms with van der Waals surface area (Å²) in [6.45, 7) is 5.78. The molecular formula is C24H28N4O2S. The van der Waals surface area contributed by atoms with Crippen LogP contribution in [0.2, 0.25) is 0 Å². The number of thiocarbonyl (C=S) groups is 1. The summed E-state index contributed by atoms with van der Waals surface area (Å²) in [6.07, 6.45) is 1.83. The number of rotatable bonds is 7. The van der Waals surface area contributed by atoms with Crippen molar-refractivity contribution >= 4 is 23.0 Å². The minimum atomic E-state index is -0.0729. The van der Waals surface area contributed by atoms with Gasteiger partial charge in [0, 0.05) is 43.0 Å². The van der Waals surface area contributed by atoms with Crippen LogP contribution in [0.1, 0.15) is 34.7 Å². The average Bonchev–Trinajstić information content (AvgIpc) is 3.28. The molecule has 1 aliphatic heterocycles. The van der Waals surface area contributed by atoms with Crippen molar-refractivity contribution in [2.24, 2.45) is 0 Å². The first-order valence-corrected chi connectivity index (χ1v) is 10.8. The van der Waals surface area contributed by atoms with Crippen molar-refractivity contribution in [3.63, 3.8) is 0 Å². The van der Waals surface area contributed by atoms with Gasteiger partial charge in [-0.05, 0) is 62.0 Å². The topological polar surface area (TPSA) is 51.5 Å². The molecule has 0 amide bonds. The number of anilines is 1. The molecule has 1 saturated heterocycles. The van der Waals surface area contributed by atoms with Gasteiger partial charge in [-0.3, -0.25) is 4.98 Å². The summed E-state index contributed by atoms with van der Waals surface area (Å²) in [5, 5.41) is 4.20. The summed E-state index contributed by atoms with van der Waals surface area (Å²) in [7, 11) is 3.41. The van der Waals surface area contributed by atoms with Crippen molar-refractivity contribution in [2.75, 3.05) is 25.7 Å². The zero-order valence-corrected chi connectivity index (χ0v) is 19.1. The van der Waals surface area contributed by atoms with Gasteiger partial charge >= 0.3 is 0 Å². The summed E-state index contributed by atoms with van der Waals surface area (Å²) in [4.78, 5) is 6.82. The number of aryl methyl sites for hydroxylation is 1. The van der Waals surface area contributed by atoms with Gasteiger partial charge < -0.3 is 24.3 Å². The Hall–Kier alpha value is -2.90.